The maximum Gasteiger partial charge on any atom is 0.320 e. The molecule has 1 aromatic heterocycles. The molecule has 2 rings (SSSR count). The molecule has 0 saturated carbocycles. The van der Waals surface area contributed by atoms with Crippen molar-refractivity contribution in [3.8, 4) is 0 Å². The van der Waals surface area contributed by atoms with E-state index in [9.17, 15) is 4.79 Å². The van der Waals surface area contributed by atoms with Crippen LogP contribution in [-0.2, 0) is 18.4 Å². The number of imidazole rings is 1. The number of aromatic nitrogens is 2. The van der Waals surface area contributed by atoms with Gasteiger partial charge >= 0.3 is 5.97 Å². The molecule has 1 heterocycles. The van der Waals surface area contributed by atoms with E-state index in [-0.39, 0.29) is 0 Å². The summed E-state index contributed by atoms with van der Waals surface area (Å²) in [6.07, 6.45) is 2.20. The van der Waals surface area contributed by atoms with Gasteiger partial charge in [-0.15, -0.1) is 0 Å². The molecule has 0 saturated heterocycles. The normalized spacial score (nSPS) is 12.7. The number of nitrogens with zero attached hydrogens (tertiary/aromatic N) is 2. The highest BCUT2D eigenvalue weighted by atomic mass is 16.4. The molecular formula is C13H18N4O2. The van der Waals surface area contributed by atoms with Crippen LogP contribution in [-0.4, -0.2) is 33.2 Å². The number of nitrogens with one attached hydrogen (secondary N) is 1. The molecule has 4 N–H and O–H groups in total. The Morgan fingerprint density at radius 1 is 1.58 bits per heavy atom. The Kier molecular flexibility index (Phi) is 4.13. The van der Waals surface area contributed by atoms with Gasteiger partial charge in [-0.25, -0.2) is 4.98 Å². The first-order chi connectivity index (χ1) is 9.08. The van der Waals surface area contributed by atoms with E-state index < -0.39 is 12.0 Å². The van der Waals surface area contributed by atoms with Crippen LogP contribution in [0.15, 0.2) is 24.5 Å². The minimum absolute atomic E-state index is 0.418. The number of benzene rings is 1. The summed E-state index contributed by atoms with van der Waals surface area (Å²) < 4.78 is 1.97. The summed E-state index contributed by atoms with van der Waals surface area (Å²) >= 11 is 0. The van der Waals surface area contributed by atoms with Crippen molar-refractivity contribution in [1.82, 2.24) is 14.9 Å². The Morgan fingerprint density at radius 3 is 3.11 bits per heavy atom. The summed E-state index contributed by atoms with van der Waals surface area (Å²) in [5.74, 6) is -0.961. The maximum atomic E-state index is 10.5. The third-order valence-electron chi connectivity index (χ3n) is 3.07. The summed E-state index contributed by atoms with van der Waals surface area (Å²) in [4.78, 5) is 14.8. The number of aryl methyl sites for hydroxylation is 1. The van der Waals surface area contributed by atoms with Crippen molar-refractivity contribution >= 4 is 17.0 Å². The molecule has 0 aliphatic heterocycles. The molecule has 19 heavy (non-hydrogen) atoms. The van der Waals surface area contributed by atoms with Gasteiger partial charge in [0.25, 0.3) is 0 Å². The summed E-state index contributed by atoms with van der Waals surface area (Å²) in [6, 6.07) is 5.29. The zero-order chi connectivity index (χ0) is 13.8. The Balaban J connectivity index is 1.86. The van der Waals surface area contributed by atoms with Gasteiger partial charge in [0, 0.05) is 13.6 Å². The molecule has 0 bridgehead atoms. The predicted molar refractivity (Wildman–Crippen MR) is 72.6 cm³/mol. The Morgan fingerprint density at radius 2 is 2.37 bits per heavy atom. The van der Waals surface area contributed by atoms with Crippen LogP contribution in [0.5, 0.6) is 0 Å². The summed E-state index contributed by atoms with van der Waals surface area (Å²) in [5, 5.41) is 11.8. The number of nitrogens with two attached hydrogens (primary N) is 1. The molecule has 0 spiro atoms. The van der Waals surface area contributed by atoms with Gasteiger partial charge in [0.2, 0.25) is 0 Å². The molecule has 1 atom stereocenters. The molecule has 0 fully saturated rings. The van der Waals surface area contributed by atoms with Gasteiger partial charge in [0.05, 0.1) is 17.4 Å². The molecule has 6 nitrogen and oxygen atoms in total. The molecule has 0 aliphatic carbocycles. The smallest absolute Gasteiger partial charge is 0.320 e. The molecule has 102 valence electrons. The number of hydrogen-bond donors (Lipinski definition) is 3. The van der Waals surface area contributed by atoms with Gasteiger partial charge in [-0.05, 0) is 30.7 Å². The summed E-state index contributed by atoms with van der Waals surface area (Å²) in [6.45, 7) is 1.26. The Bertz CT molecular complexity index is 579. The maximum absolute atomic E-state index is 10.5. The van der Waals surface area contributed by atoms with Crippen molar-refractivity contribution in [3.63, 3.8) is 0 Å². The van der Waals surface area contributed by atoms with Crippen LogP contribution in [0.3, 0.4) is 0 Å². The zero-order valence-corrected chi connectivity index (χ0v) is 10.8. The first-order valence-electron chi connectivity index (χ1n) is 6.17. The highest BCUT2D eigenvalue weighted by molar-refractivity contribution is 5.76. The van der Waals surface area contributed by atoms with Gasteiger partial charge in [0.1, 0.15) is 6.04 Å². The van der Waals surface area contributed by atoms with E-state index in [4.69, 9.17) is 10.8 Å². The van der Waals surface area contributed by atoms with Crippen LogP contribution >= 0.6 is 0 Å². The van der Waals surface area contributed by atoms with E-state index in [0.29, 0.717) is 19.5 Å². The number of hydrogen-bond acceptors (Lipinski definition) is 4. The van der Waals surface area contributed by atoms with Crippen molar-refractivity contribution in [2.24, 2.45) is 12.8 Å². The molecular weight excluding hydrogens is 244 g/mol. The minimum Gasteiger partial charge on any atom is -0.480 e. The quantitative estimate of drug-likeness (QED) is 0.658. The highest BCUT2D eigenvalue weighted by Crippen LogP contribution is 2.13. The average molecular weight is 262 g/mol. The number of rotatable bonds is 6. The van der Waals surface area contributed by atoms with Crippen molar-refractivity contribution in [2.45, 2.75) is 19.0 Å². The molecule has 0 amide bonds. The molecule has 2 aromatic rings. The van der Waals surface area contributed by atoms with Crippen molar-refractivity contribution in [3.05, 3.63) is 30.1 Å². The number of aliphatic carboxylic acids is 1. The molecule has 0 radical (unpaired) electrons. The molecule has 1 unspecified atom stereocenters. The van der Waals surface area contributed by atoms with Crippen LogP contribution < -0.4 is 11.1 Å². The highest BCUT2D eigenvalue weighted by Gasteiger charge is 2.09. The fourth-order valence-electron chi connectivity index (χ4n) is 1.91. The van der Waals surface area contributed by atoms with E-state index in [2.05, 4.69) is 10.3 Å². The van der Waals surface area contributed by atoms with E-state index >= 15 is 0 Å². The second kappa shape index (κ2) is 5.81. The monoisotopic (exact) mass is 262 g/mol. The fraction of sp³-hybridized carbons (Fsp3) is 0.385. The standard InChI is InChI=1S/C13H18N4O2/c1-17-8-16-11-6-9(2-3-12(11)17)7-15-5-4-10(14)13(18)19/h2-3,6,8,10,15H,4-5,7,14H2,1H3,(H,18,19). The van der Waals surface area contributed by atoms with Gasteiger partial charge in [0.15, 0.2) is 0 Å². The lowest BCUT2D eigenvalue weighted by molar-refractivity contribution is -0.138. The number of carbonyl (C=O) groups is 1. The van der Waals surface area contributed by atoms with Gasteiger partial charge in [-0.3, -0.25) is 4.79 Å². The molecule has 1 aromatic carbocycles. The Hall–Kier alpha value is -1.92. The van der Waals surface area contributed by atoms with Crippen LogP contribution in [0, 0.1) is 0 Å². The first kappa shape index (κ1) is 13.5. The van der Waals surface area contributed by atoms with Crippen molar-refractivity contribution in [2.75, 3.05) is 6.54 Å². The van der Waals surface area contributed by atoms with Gasteiger partial charge < -0.3 is 20.7 Å². The SMILES string of the molecule is Cn1cnc2cc(CNCCC(N)C(=O)O)ccc21. The second-order valence-electron chi connectivity index (χ2n) is 4.59. The predicted octanol–water partition coefficient (Wildman–Crippen LogP) is 0.465. The third-order valence-corrected chi connectivity index (χ3v) is 3.07. The van der Waals surface area contributed by atoms with Crippen molar-refractivity contribution in [1.29, 1.82) is 0 Å². The molecule has 0 aliphatic rings. The minimum atomic E-state index is -0.961. The number of carboxylic acid groups (broad SMARTS) is 1. The van der Waals surface area contributed by atoms with E-state index in [1.165, 1.54) is 0 Å². The van der Waals surface area contributed by atoms with Crippen LogP contribution in [0.4, 0.5) is 0 Å². The largest absolute Gasteiger partial charge is 0.480 e. The number of fused-ring (bicyclic) bond motifs is 1. The topological polar surface area (TPSA) is 93.2 Å². The van der Waals surface area contributed by atoms with Crippen LogP contribution in [0.2, 0.25) is 0 Å². The molecule has 6 heteroatoms. The van der Waals surface area contributed by atoms with Crippen LogP contribution in [0.1, 0.15) is 12.0 Å². The zero-order valence-electron chi connectivity index (χ0n) is 10.8. The van der Waals surface area contributed by atoms with E-state index in [0.717, 1.165) is 16.6 Å². The summed E-state index contributed by atoms with van der Waals surface area (Å²) in [7, 11) is 1.96. The lowest BCUT2D eigenvalue weighted by Gasteiger charge is -2.08. The Labute approximate surface area is 111 Å². The lowest BCUT2D eigenvalue weighted by Crippen LogP contribution is -2.33. The average Bonchev–Trinajstić information content (AvgIpc) is 2.75. The van der Waals surface area contributed by atoms with E-state index in [1.807, 2.05) is 29.8 Å². The van der Waals surface area contributed by atoms with E-state index in [1.54, 1.807) is 6.33 Å². The van der Waals surface area contributed by atoms with Gasteiger partial charge in [-0.2, -0.15) is 0 Å². The second-order valence-corrected chi connectivity index (χ2v) is 4.59. The lowest BCUT2D eigenvalue weighted by atomic mass is 10.2. The summed E-state index contributed by atoms with van der Waals surface area (Å²) in [5.41, 5.74) is 8.60. The van der Waals surface area contributed by atoms with Crippen LogP contribution in [0.25, 0.3) is 11.0 Å². The van der Waals surface area contributed by atoms with Gasteiger partial charge in [-0.1, -0.05) is 6.07 Å². The fourth-order valence-corrected chi connectivity index (χ4v) is 1.91. The number of carboxylic acids is 1. The van der Waals surface area contributed by atoms with Crippen molar-refractivity contribution < 1.29 is 9.90 Å². The third kappa shape index (κ3) is 3.30. The first-order valence-corrected chi connectivity index (χ1v) is 6.17.